The molecule has 1 aromatic heterocycles. The number of ether oxygens (including phenoxy) is 1. The van der Waals surface area contributed by atoms with Gasteiger partial charge in [-0.15, -0.1) is 11.3 Å². The standard InChI is InChI=1S/C23H42N4OS/c1-5-27-10-6-7-21(27)16-26(17-23-24-22(18-29-23)19(2)3)15-20-8-11-25(12-9-20)13-14-28-4/h18-21H,5-17H2,1-4H3. The first kappa shape index (κ1) is 23.1. The molecular formula is C23H42N4OS. The number of rotatable bonds is 11. The van der Waals surface area contributed by atoms with Crippen molar-refractivity contribution in [1.29, 1.82) is 0 Å². The maximum atomic E-state index is 5.26. The second-order valence-electron chi connectivity index (χ2n) is 9.22. The summed E-state index contributed by atoms with van der Waals surface area (Å²) in [6, 6.07) is 0.728. The summed E-state index contributed by atoms with van der Waals surface area (Å²) in [6.07, 6.45) is 5.35. The lowest BCUT2D eigenvalue weighted by molar-refractivity contribution is 0.0964. The summed E-state index contributed by atoms with van der Waals surface area (Å²) in [7, 11) is 1.80. The quantitative estimate of drug-likeness (QED) is 0.540. The molecule has 3 rings (SSSR count). The van der Waals surface area contributed by atoms with Crippen LogP contribution in [0, 0.1) is 5.92 Å². The van der Waals surface area contributed by atoms with Crippen LogP contribution in [-0.4, -0.2) is 85.3 Å². The number of piperidine rings is 1. The van der Waals surface area contributed by atoms with Crippen LogP contribution in [-0.2, 0) is 11.3 Å². The van der Waals surface area contributed by atoms with Gasteiger partial charge in [0.05, 0.1) is 18.8 Å². The summed E-state index contributed by atoms with van der Waals surface area (Å²) in [4.78, 5) is 12.9. The third-order valence-electron chi connectivity index (χ3n) is 6.73. The average molecular weight is 423 g/mol. The minimum absolute atomic E-state index is 0.523. The molecule has 1 aromatic rings. The second kappa shape index (κ2) is 11.8. The highest BCUT2D eigenvalue weighted by Crippen LogP contribution is 2.25. The topological polar surface area (TPSA) is 31.8 Å². The fraction of sp³-hybridized carbons (Fsp3) is 0.870. The van der Waals surface area contributed by atoms with Crippen molar-refractivity contribution in [2.45, 2.75) is 65.0 Å². The zero-order chi connectivity index (χ0) is 20.6. The van der Waals surface area contributed by atoms with Gasteiger partial charge in [-0.2, -0.15) is 0 Å². The molecule has 0 spiro atoms. The summed E-state index contributed by atoms with van der Waals surface area (Å²) in [6.45, 7) is 17.1. The van der Waals surface area contributed by atoms with Crippen LogP contribution < -0.4 is 0 Å². The molecule has 0 radical (unpaired) electrons. The molecule has 1 atom stereocenters. The molecule has 0 aromatic carbocycles. The van der Waals surface area contributed by atoms with Crippen molar-refractivity contribution in [2.24, 2.45) is 5.92 Å². The summed E-state index contributed by atoms with van der Waals surface area (Å²) in [5.74, 6) is 1.34. The molecule has 1 unspecified atom stereocenters. The van der Waals surface area contributed by atoms with Crippen molar-refractivity contribution in [3.05, 3.63) is 16.1 Å². The van der Waals surface area contributed by atoms with Gasteiger partial charge in [0.25, 0.3) is 0 Å². The molecule has 0 aliphatic carbocycles. The zero-order valence-electron chi connectivity index (χ0n) is 19.1. The molecule has 29 heavy (non-hydrogen) atoms. The minimum Gasteiger partial charge on any atom is -0.383 e. The highest BCUT2D eigenvalue weighted by molar-refractivity contribution is 7.09. The molecular weight excluding hydrogens is 380 g/mol. The highest BCUT2D eigenvalue weighted by atomic mass is 32.1. The van der Waals surface area contributed by atoms with Crippen molar-refractivity contribution >= 4 is 11.3 Å². The molecule has 2 aliphatic heterocycles. The molecule has 2 fully saturated rings. The Balaban J connectivity index is 1.58. The maximum absolute atomic E-state index is 5.26. The van der Waals surface area contributed by atoms with Crippen LogP contribution in [0.3, 0.4) is 0 Å². The first-order chi connectivity index (χ1) is 14.1. The smallest absolute Gasteiger partial charge is 0.107 e. The Bertz CT molecular complexity index is 585. The Morgan fingerprint density at radius 3 is 2.66 bits per heavy atom. The van der Waals surface area contributed by atoms with Crippen LogP contribution in [0.15, 0.2) is 5.38 Å². The van der Waals surface area contributed by atoms with Crippen molar-refractivity contribution in [1.82, 2.24) is 19.7 Å². The summed E-state index contributed by atoms with van der Waals surface area (Å²) in [5, 5.41) is 3.56. The van der Waals surface area contributed by atoms with Crippen LogP contribution in [0.1, 0.15) is 63.1 Å². The Labute approximate surface area is 182 Å². The Morgan fingerprint density at radius 1 is 1.21 bits per heavy atom. The third-order valence-corrected chi connectivity index (χ3v) is 7.58. The van der Waals surface area contributed by atoms with E-state index in [9.17, 15) is 0 Å². The van der Waals surface area contributed by atoms with Gasteiger partial charge in [-0.1, -0.05) is 20.8 Å². The van der Waals surface area contributed by atoms with E-state index in [0.717, 1.165) is 31.7 Å². The fourth-order valence-electron chi connectivity index (χ4n) is 4.85. The van der Waals surface area contributed by atoms with E-state index in [4.69, 9.17) is 9.72 Å². The number of hydrogen-bond donors (Lipinski definition) is 0. The second-order valence-corrected chi connectivity index (χ2v) is 10.2. The Hall–Kier alpha value is -0.530. The van der Waals surface area contributed by atoms with Crippen LogP contribution >= 0.6 is 11.3 Å². The van der Waals surface area contributed by atoms with Gasteiger partial charge in [0.2, 0.25) is 0 Å². The number of likely N-dealkylation sites (tertiary alicyclic amines) is 2. The molecule has 0 bridgehead atoms. The molecule has 0 saturated carbocycles. The number of aromatic nitrogens is 1. The molecule has 166 valence electrons. The fourth-order valence-corrected chi connectivity index (χ4v) is 5.85. The van der Waals surface area contributed by atoms with Gasteiger partial charge in [0, 0.05) is 38.2 Å². The zero-order valence-corrected chi connectivity index (χ0v) is 19.9. The monoisotopic (exact) mass is 422 g/mol. The van der Waals surface area contributed by atoms with Gasteiger partial charge >= 0.3 is 0 Å². The van der Waals surface area contributed by atoms with E-state index in [2.05, 4.69) is 40.9 Å². The minimum atomic E-state index is 0.523. The van der Waals surface area contributed by atoms with Gasteiger partial charge in [-0.25, -0.2) is 4.98 Å². The van der Waals surface area contributed by atoms with Gasteiger partial charge in [0.15, 0.2) is 0 Å². The molecule has 0 amide bonds. The van der Waals surface area contributed by atoms with E-state index in [1.54, 1.807) is 7.11 Å². The highest BCUT2D eigenvalue weighted by Gasteiger charge is 2.28. The molecule has 2 saturated heterocycles. The molecule has 2 aliphatic rings. The lowest BCUT2D eigenvalue weighted by Crippen LogP contribution is -2.44. The predicted molar refractivity (Wildman–Crippen MR) is 123 cm³/mol. The SMILES string of the molecule is CCN1CCCC1CN(Cc1nc(C(C)C)cs1)CC1CCN(CCOC)CC1. The van der Waals surface area contributed by atoms with Gasteiger partial charge in [-0.3, -0.25) is 9.80 Å². The summed E-state index contributed by atoms with van der Waals surface area (Å²) >= 11 is 1.85. The van der Waals surface area contributed by atoms with Crippen molar-refractivity contribution in [3.63, 3.8) is 0 Å². The molecule has 5 nitrogen and oxygen atoms in total. The normalized spacial score (nSPS) is 22.3. The molecule has 3 heterocycles. The maximum Gasteiger partial charge on any atom is 0.107 e. The van der Waals surface area contributed by atoms with Crippen LogP contribution in [0.2, 0.25) is 0 Å². The average Bonchev–Trinajstić information content (AvgIpc) is 3.36. The van der Waals surface area contributed by atoms with E-state index < -0.39 is 0 Å². The van der Waals surface area contributed by atoms with Crippen molar-refractivity contribution in [2.75, 3.05) is 59.5 Å². The van der Waals surface area contributed by atoms with Crippen molar-refractivity contribution < 1.29 is 4.74 Å². The Morgan fingerprint density at radius 2 is 2.00 bits per heavy atom. The first-order valence-corrected chi connectivity index (χ1v) is 12.6. The molecule has 6 heteroatoms. The number of nitrogens with zero attached hydrogens (tertiary/aromatic N) is 4. The van der Waals surface area contributed by atoms with E-state index in [-0.39, 0.29) is 0 Å². The molecule has 0 N–H and O–H groups in total. The number of likely N-dealkylation sites (N-methyl/N-ethyl adjacent to an activating group) is 1. The lowest BCUT2D eigenvalue weighted by atomic mass is 9.96. The van der Waals surface area contributed by atoms with E-state index in [1.807, 2.05) is 11.3 Å². The number of thiazole rings is 1. The van der Waals surface area contributed by atoms with Crippen LogP contribution in [0.25, 0.3) is 0 Å². The van der Waals surface area contributed by atoms with E-state index in [1.165, 1.54) is 75.7 Å². The number of methoxy groups -OCH3 is 1. The largest absolute Gasteiger partial charge is 0.383 e. The lowest BCUT2D eigenvalue weighted by Gasteiger charge is -2.36. The summed E-state index contributed by atoms with van der Waals surface area (Å²) < 4.78 is 5.26. The van der Waals surface area contributed by atoms with Gasteiger partial charge in [0.1, 0.15) is 5.01 Å². The van der Waals surface area contributed by atoms with Crippen LogP contribution in [0.5, 0.6) is 0 Å². The number of hydrogen-bond acceptors (Lipinski definition) is 6. The van der Waals surface area contributed by atoms with E-state index in [0.29, 0.717) is 5.92 Å². The third kappa shape index (κ3) is 7.00. The summed E-state index contributed by atoms with van der Waals surface area (Å²) in [5.41, 5.74) is 1.26. The predicted octanol–water partition coefficient (Wildman–Crippen LogP) is 3.91. The van der Waals surface area contributed by atoms with Crippen molar-refractivity contribution in [3.8, 4) is 0 Å². The first-order valence-electron chi connectivity index (χ1n) is 11.7. The van der Waals surface area contributed by atoms with Gasteiger partial charge < -0.3 is 9.64 Å². The Kier molecular flexibility index (Phi) is 9.38. The van der Waals surface area contributed by atoms with E-state index >= 15 is 0 Å². The van der Waals surface area contributed by atoms with Crippen LogP contribution in [0.4, 0.5) is 0 Å². The van der Waals surface area contributed by atoms with Gasteiger partial charge in [-0.05, 0) is 63.7 Å².